The van der Waals surface area contributed by atoms with Gasteiger partial charge in [0.2, 0.25) is 0 Å². The fraction of sp³-hybridized carbons (Fsp3) is 0.417. The van der Waals surface area contributed by atoms with Crippen LogP contribution < -0.4 is 0 Å². The lowest BCUT2D eigenvalue weighted by Gasteiger charge is -2.19. The predicted octanol–water partition coefficient (Wildman–Crippen LogP) is 1.72. The molecular formula is C12H15NO2. The van der Waals surface area contributed by atoms with Crippen LogP contribution in [0.2, 0.25) is 0 Å². The van der Waals surface area contributed by atoms with Crippen LogP contribution in [0.1, 0.15) is 30.0 Å². The van der Waals surface area contributed by atoms with E-state index in [0.717, 1.165) is 5.69 Å². The molecule has 0 bridgehead atoms. The van der Waals surface area contributed by atoms with Crippen LogP contribution in [-0.4, -0.2) is 17.6 Å². The molecule has 3 nitrogen and oxygen atoms in total. The Hall–Kier alpha value is -1.69. The molecule has 0 aliphatic heterocycles. The summed E-state index contributed by atoms with van der Waals surface area (Å²) in [4.78, 5) is 11.4. The monoisotopic (exact) mass is 205 g/mol. The van der Waals surface area contributed by atoms with Gasteiger partial charge < -0.3 is 9.30 Å². The van der Waals surface area contributed by atoms with E-state index in [1.54, 1.807) is 17.7 Å². The van der Waals surface area contributed by atoms with E-state index in [2.05, 4.69) is 10.7 Å². The minimum absolute atomic E-state index is 0.350. The van der Waals surface area contributed by atoms with Crippen molar-refractivity contribution in [1.82, 2.24) is 4.57 Å². The third kappa shape index (κ3) is 1.89. The van der Waals surface area contributed by atoms with Crippen LogP contribution in [0.25, 0.3) is 0 Å². The van der Waals surface area contributed by atoms with Crippen molar-refractivity contribution in [3.05, 3.63) is 23.5 Å². The highest BCUT2D eigenvalue weighted by Gasteiger charge is 2.23. The first-order valence-electron chi connectivity index (χ1n) is 4.66. The smallest absolute Gasteiger partial charge is 0.354 e. The number of hydrogen-bond donors (Lipinski definition) is 0. The van der Waals surface area contributed by atoms with E-state index in [4.69, 9.17) is 6.42 Å². The second-order valence-electron chi connectivity index (χ2n) is 3.92. The maximum Gasteiger partial charge on any atom is 0.354 e. The Bertz CT molecular complexity index is 421. The second-order valence-corrected chi connectivity index (χ2v) is 3.92. The number of hydrogen-bond acceptors (Lipinski definition) is 2. The molecule has 0 N–H and O–H groups in total. The maximum atomic E-state index is 11.4. The third-order valence-electron chi connectivity index (χ3n) is 2.52. The molecule has 0 aromatic carbocycles. The fourth-order valence-corrected chi connectivity index (χ4v) is 1.52. The molecule has 1 heterocycles. The number of terminal acetylenes is 1. The summed E-state index contributed by atoms with van der Waals surface area (Å²) in [5.74, 6) is 2.35. The summed E-state index contributed by atoms with van der Waals surface area (Å²) in [6, 6.07) is 3.58. The summed E-state index contributed by atoms with van der Waals surface area (Å²) in [6.45, 7) is 3.87. The third-order valence-corrected chi connectivity index (χ3v) is 2.52. The Morgan fingerprint density at radius 2 is 2.13 bits per heavy atom. The molecule has 0 aliphatic rings. The van der Waals surface area contributed by atoms with Crippen LogP contribution in [0.5, 0.6) is 0 Å². The molecule has 0 radical (unpaired) electrons. The molecular weight excluding hydrogens is 190 g/mol. The van der Waals surface area contributed by atoms with E-state index in [9.17, 15) is 4.79 Å². The number of rotatable bonds is 2. The van der Waals surface area contributed by atoms with Crippen molar-refractivity contribution < 1.29 is 9.53 Å². The first-order chi connectivity index (χ1) is 6.94. The number of esters is 1. The first-order valence-corrected chi connectivity index (χ1v) is 4.66. The molecule has 0 unspecified atom stereocenters. The Morgan fingerprint density at radius 1 is 1.53 bits per heavy atom. The normalized spacial score (nSPS) is 10.9. The molecule has 1 aromatic rings. The van der Waals surface area contributed by atoms with E-state index in [-0.39, 0.29) is 11.4 Å². The fourth-order valence-electron chi connectivity index (χ4n) is 1.52. The van der Waals surface area contributed by atoms with Gasteiger partial charge in [0.1, 0.15) is 5.69 Å². The van der Waals surface area contributed by atoms with Gasteiger partial charge in [-0.3, -0.25) is 0 Å². The average Bonchev–Trinajstić information content (AvgIpc) is 2.59. The molecule has 0 saturated carbocycles. The molecule has 3 heteroatoms. The van der Waals surface area contributed by atoms with E-state index >= 15 is 0 Å². The lowest BCUT2D eigenvalue weighted by atomic mass is 9.91. The van der Waals surface area contributed by atoms with Crippen molar-refractivity contribution in [1.29, 1.82) is 0 Å². The molecule has 15 heavy (non-hydrogen) atoms. The highest BCUT2D eigenvalue weighted by Crippen LogP contribution is 2.23. The quantitative estimate of drug-likeness (QED) is 0.544. The van der Waals surface area contributed by atoms with Crippen molar-refractivity contribution in [2.24, 2.45) is 7.05 Å². The van der Waals surface area contributed by atoms with Gasteiger partial charge >= 0.3 is 5.97 Å². The Labute approximate surface area is 90.0 Å². The van der Waals surface area contributed by atoms with Crippen molar-refractivity contribution in [3.8, 4) is 12.3 Å². The van der Waals surface area contributed by atoms with Crippen LogP contribution in [0.15, 0.2) is 12.1 Å². The number of methoxy groups -OCH3 is 1. The number of nitrogens with zero attached hydrogens (tertiary/aromatic N) is 1. The van der Waals surface area contributed by atoms with Crippen molar-refractivity contribution in [2.45, 2.75) is 19.3 Å². The lowest BCUT2D eigenvalue weighted by molar-refractivity contribution is 0.0589. The average molecular weight is 205 g/mol. The van der Waals surface area contributed by atoms with Crippen LogP contribution in [0.4, 0.5) is 0 Å². The van der Waals surface area contributed by atoms with Crippen LogP contribution >= 0.6 is 0 Å². The van der Waals surface area contributed by atoms with Crippen molar-refractivity contribution >= 4 is 5.97 Å². The van der Waals surface area contributed by atoms with Gasteiger partial charge in [-0.1, -0.05) is 5.92 Å². The summed E-state index contributed by atoms with van der Waals surface area (Å²) in [6.07, 6.45) is 5.45. The molecule has 80 valence electrons. The Kier molecular flexibility index (Phi) is 2.90. The molecule has 0 atom stereocenters. The van der Waals surface area contributed by atoms with Gasteiger partial charge in [0.15, 0.2) is 0 Å². The standard InChI is InChI=1S/C12H15NO2/c1-6-12(2,3)10-8-7-9(13(10)4)11(14)15-5/h1,7-8H,2-5H3. The van der Waals surface area contributed by atoms with Crippen molar-refractivity contribution in [2.75, 3.05) is 7.11 Å². The summed E-state index contributed by atoms with van der Waals surface area (Å²) in [5, 5.41) is 0. The zero-order valence-corrected chi connectivity index (χ0v) is 9.50. The number of carbonyl (C=O) groups excluding carboxylic acids is 1. The first kappa shape index (κ1) is 11.4. The van der Waals surface area contributed by atoms with Gasteiger partial charge in [0.25, 0.3) is 0 Å². The number of aromatic nitrogens is 1. The minimum atomic E-state index is -0.388. The molecule has 0 aliphatic carbocycles. The number of ether oxygens (including phenoxy) is 1. The van der Waals surface area contributed by atoms with E-state index < -0.39 is 0 Å². The number of carbonyl (C=O) groups is 1. The predicted molar refractivity (Wildman–Crippen MR) is 58.6 cm³/mol. The van der Waals surface area contributed by atoms with Gasteiger partial charge in [0, 0.05) is 12.7 Å². The topological polar surface area (TPSA) is 31.2 Å². The van der Waals surface area contributed by atoms with E-state index in [1.165, 1.54) is 7.11 Å². The van der Waals surface area contributed by atoms with Gasteiger partial charge in [-0.15, -0.1) is 6.42 Å². The molecule has 0 fully saturated rings. The highest BCUT2D eigenvalue weighted by atomic mass is 16.5. The van der Waals surface area contributed by atoms with Gasteiger partial charge in [0.05, 0.1) is 12.5 Å². The lowest BCUT2D eigenvalue weighted by Crippen LogP contribution is -2.20. The largest absolute Gasteiger partial charge is 0.464 e. The van der Waals surface area contributed by atoms with Crippen LogP contribution in [0, 0.1) is 12.3 Å². The molecule has 0 amide bonds. The second kappa shape index (κ2) is 3.82. The van der Waals surface area contributed by atoms with Gasteiger partial charge in [-0.2, -0.15) is 0 Å². The highest BCUT2D eigenvalue weighted by molar-refractivity contribution is 5.87. The summed E-state index contributed by atoms with van der Waals surface area (Å²) in [5.41, 5.74) is 1.04. The van der Waals surface area contributed by atoms with E-state index in [0.29, 0.717) is 5.69 Å². The Balaban J connectivity index is 3.22. The van der Waals surface area contributed by atoms with Crippen LogP contribution in [-0.2, 0) is 17.2 Å². The summed E-state index contributed by atoms with van der Waals surface area (Å²) >= 11 is 0. The van der Waals surface area contributed by atoms with Gasteiger partial charge in [-0.05, 0) is 26.0 Å². The Morgan fingerprint density at radius 3 is 2.60 bits per heavy atom. The zero-order chi connectivity index (χ0) is 11.6. The summed E-state index contributed by atoms with van der Waals surface area (Å²) < 4.78 is 6.43. The molecule has 1 rings (SSSR count). The zero-order valence-electron chi connectivity index (χ0n) is 9.50. The van der Waals surface area contributed by atoms with Crippen molar-refractivity contribution in [3.63, 3.8) is 0 Å². The minimum Gasteiger partial charge on any atom is -0.464 e. The van der Waals surface area contributed by atoms with Gasteiger partial charge in [-0.25, -0.2) is 4.79 Å². The SMILES string of the molecule is C#CC(C)(C)c1ccc(C(=O)OC)n1C. The maximum absolute atomic E-state index is 11.4. The molecule has 0 saturated heterocycles. The molecule has 0 spiro atoms. The molecule has 1 aromatic heterocycles. The summed E-state index contributed by atoms with van der Waals surface area (Å²) in [7, 11) is 3.17. The van der Waals surface area contributed by atoms with E-state index in [1.807, 2.05) is 19.9 Å². The van der Waals surface area contributed by atoms with Crippen LogP contribution in [0.3, 0.4) is 0 Å².